The minimum Gasteiger partial charge on any atom is -0.367 e. The summed E-state index contributed by atoms with van der Waals surface area (Å²) in [4.78, 5) is 3.96. The van der Waals surface area contributed by atoms with Crippen LogP contribution in [0.25, 0.3) is 0 Å². The fraction of sp³-hybridized carbons (Fsp3) is 0.556. The van der Waals surface area contributed by atoms with E-state index < -0.39 is 22.2 Å². The van der Waals surface area contributed by atoms with Crippen molar-refractivity contribution in [2.45, 2.75) is 55.3 Å². The molecule has 29 heavy (non-hydrogen) atoms. The van der Waals surface area contributed by atoms with Gasteiger partial charge in [-0.25, -0.2) is 13.1 Å². The summed E-state index contributed by atoms with van der Waals surface area (Å²) >= 11 is 0. The van der Waals surface area contributed by atoms with Crippen molar-refractivity contribution in [3.05, 3.63) is 36.3 Å². The zero-order valence-electron chi connectivity index (χ0n) is 15.8. The molecule has 0 radical (unpaired) electrons. The number of nitrogens with zero attached hydrogens (tertiary/aromatic N) is 4. The lowest BCUT2D eigenvalue weighted by atomic mass is 10.0. The van der Waals surface area contributed by atoms with Crippen LogP contribution in [0.5, 0.6) is 0 Å². The van der Waals surface area contributed by atoms with Gasteiger partial charge in [0.15, 0.2) is 6.04 Å². The highest BCUT2D eigenvalue weighted by Crippen LogP contribution is 2.41. The molecule has 2 aliphatic heterocycles. The lowest BCUT2D eigenvalue weighted by molar-refractivity contribution is -0.173. The summed E-state index contributed by atoms with van der Waals surface area (Å²) in [7, 11) is -3.69. The average molecular weight is 429 g/mol. The number of sulfonamides is 1. The molecule has 0 aliphatic carbocycles. The van der Waals surface area contributed by atoms with Crippen molar-refractivity contribution in [2.75, 3.05) is 18.4 Å². The summed E-state index contributed by atoms with van der Waals surface area (Å²) < 4.78 is 68.5. The normalized spacial score (nSPS) is 25.6. The summed E-state index contributed by atoms with van der Waals surface area (Å²) in [5, 5.41) is 7.36. The van der Waals surface area contributed by atoms with Gasteiger partial charge < -0.3 is 5.32 Å². The van der Waals surface area contributed by atoms with Gasteiger partial charge in [-0.2, -0.15) is 22.6 Å². The van der Waals surface area contributed by atoms with E-state index in [1.165, 1.54) is 22.8 Å². The molecule has 158 valence electrons. The Bertz CT molecular complexity index is 977. The molecular weight excluding hydrogens is 407 g/mol. The standard InChI is InChI=1S/C18H22F3N5O2S/c1-2-13-8-16(18(19,20)21)26-17(23-13)9-15(24-26)12-5-7-25(11-12)29(27,28)14-4-3-6-22-10-14/h3-4,6,9-10,12-13,16,23H,2,5,7-8,11H2,1H3/t12-,13-,16-/m1/s1. The summed E-state index contributed by atoms with van der Waals surface area (Å²) in [5.41, 5.74) is 0.488. The first-order chi connectivity index (χ1) is 13.7. The molecule has 1 fully saturated rings. The van der Waals surface area contributed by atoms with Gasteiger partial charge in [0.2, 0.25) is 10.0 Å². The lowest BCUT2D eigenvalue weighted by Gasteiger charge is -2.32. The van der Waals surface area contributed by atoms with E-state index in [9.17, 15) is 21.6 Å². The van der Waals surface area contributed by atoms with Crippen molar-refractivity contribution in [3.8, 4) is 0 Å². The maximum Gasteiger partial charge on any atom is 0.410 e. The second kappa shape index (κ2) is 7.28. The third-order valence-electron chi connectivity index (χ3n) is 5.62. The van der Waals surface area contributed by atoms with E-state index >= 15 is 0 Å². The molecule has 1 saturated heterocycles. The number of pyridine rings is 1. The third kappa shape index (κ3) is 3.73. The van der Waals surface area contributed by atoms with E-state index in [0.29, 0.717) is 24.4 Å². The van der Waals surface area contributed by atoms with Crippen molar-refractivity contribution >= 4 is 15.8 Å². The zero-order valence-corrected chi connectivity index (χ0v) is 16.6. The highest BCUT2D eigenvalue weighted by molar-refractivity contribution is 7.89. The number of halogens is 3. The van der Waals surface area contributed by atoms with Gasteiger partial charge in [-0.05, 0) is 31.4 Å². The Labute approximate surface area is 167 Å². The number of anilines is 1. The van der Waals surface area contributed by atoms with Gasteiger partial charge in [-0.1, -0.05) is 6.92 Å². The van der Waals surface area contributed by atoms with Gasteiger partial charge >= 0.3 is 6.18 Å². The summed E-state index contributed by atoms with van der Waals surface area (Å²) in [6.45, 7) is 2.32. The zero-order chi connectivity index (χ0) is 20.8. The summed E-state index contributed by atoms with van der Waals surface area (Å²) in [5.74, 6) is 0.0873. The van der Waals surface area contributed by atoms with Gasteiger partial charge in [-0.15, -0.1) is 0 Å². The number of fused-ring (bicyclic) bond motifs is 1. The van der Waals surface area contributed by atoms with E-state index in [1.807, 2.05) is 6.92 Å². The van der Waals surface area contributed by atoms with Crippen LogP contribution in [-0.2, 0) is 10.0 Å². The topological polar surface area (TPSA) is 80.1 Å². The van der Waals surface area contributed by atoms with Crippen LogP contribution in [0.3, 0.4) is 0 Å². The summed E-state index contributed by atoms with van der Waals surface area (Å²) in [6.07, 6.45) is -0.591. The predicted octanol–water partition coefficient (Wildman–Crippen LogP) is 3.15. The lowest BCUT2D eigenvalue weighted by Crippen LogP contribution is -2.38. The Balaban J connectivity index is 1.58. The monoisotopic (exact) mass is 429 g/mol. The molecule has 0 amide bonds. The fourth-order valence-electron chi connectivity index (χ4n) is 3.97. The molecule has 2 aromatic rings. The number of aromatic nitrogens is 3. The van der Waals surface area contributed by atoms with E-state index in [2.05, 4.69) is 15.4 Å². The first-order valence-electron chi connectivity index (χ1n) is 9.53. The molecule has 2 aliphatic rings. The van der Waals surface area contributed by atoms with E-state index in [4.69, 9.17) is 0 Å². The fourth-order valence-corrected chi connectivity index (χ4v) is 5.44. The van der Waals surface area contributed by atoms with Crippen LogP contribution in [0.4, 0.5) is 19.0 Å². The van der Waals surface area contributed by atoms with Crippen LogP contribution < -0.4 is 5.32 Å². The largest absolute Gasteiger partial charge is 0.410 e. The highest BCUT2D eigenvalue weighted by atomic mass is 32.2. The highest BCUT2D eigenvalue weighted by Gasteiger charge is 2.46. The summed E-state index contributed by atoms with van der Waals surface area (Å²) in [6, 6.07) is 2.72. The van der Waals surface area contributed by atoms with Gasteiger partial charge in [-0.3, -0.25) is 4.98 Å². The molecule has 11 heteroatoms. The molecule has 0 spiro atoms. The van der Waals surface area contributed by atoms with Crippen molar-refractivity contribution in [3.63, 3.8) is 0 Å². The Kier molecular flexibility index (Phi) is 5.06. The predicted molar refractivity (Wildman–Crippen MR) is 100.0 cm³/mol. The van der Waals surface area contributed by atoms with E-state index in [0.717, 1.165) is 4.68 Å². The SMILES string of the molecule is CC[C@@H]1C[C@H](C(F)(F)F)n2nc([C@@H]3CCN(S(=O)(=O)c4cccnc4)C3)cc2N1. The molecule has 4 rings (SSSR count). The minimum atomic E-state index is -4.39. The first-order valence-corrected chi connectivity index (χ1v) is 11.0. The Morgan fingerprint density at radius 3 is 2.79 bits per heavy atom. The Morgan fingerprint density at radius 2 is 2.14 bits per heavy atom. The van der Waals surface area contributed by atoms with Crippen LogP contribution in [0, 0.1) is 0 Å². The average Bonchev–Trinajstić information content (AvgIpc) is 3.34. The van der Waals surface area contributed by atoms with Crippen LogP contribution in [-0.4, -0.2) is 52.8 Å². The second-order valence-corrected chi connectivity index (χ2v) is 9.42. The molecule has 4 heterocycles. The molecule has 0 bridgehead atoms. The molecule has 2 aromatic heterocycles. The van der Waals surface area contributed by atoms with Crippen LogP contribution in [0.1, 0.15) is 43.8 Å². The van der Waals surface area contributed by atoms with Crippen molar-refractivity contribution in [1.82, 2.24) is 19.1 Å². The van der Waals surface area contributed by atoms with E-state index in [1.54, 1.807) is 12.1 Å². The van der Waals surface area contributed by atoms with Crippen LogP contribution in [0.15, 0.2) is 35.5 Å². The molecule has 0 unspecified atom stereocenters. The number of nitrogens with one attached hydrogen (secondary N) is 1. The van der Waals surface area contributed by atoms with Crippen molar-refractivity contribution in [1.29, 1.82) is 0 Å². The second-order valence-electron chi connectivity index (χ2n) is 7.48. The van der Waals surface area contributed by atoms with Crippen molar-refractivity contribution < 1.29 is 21.6 Å². The number of hydrogen-bond acceptors (Lipinski definition) is 5. The van der Waals surface area contributed by atoms with Gasteiger partial charge in [0, 0.05) is 43.5 Å². The van der Waals surface area contributed by atoms with Gasteiger partial charge in [0.25, 0.3) is 0 Å². The number of rotatable bonds is 4. The smallest absolute Gasteiger partial charge is 0.367 e. The van der Waals surface area contributed by atoms with E-state index in [-0.39, 0.29) is 36.4 Å². The first kappa shape index (κ1) is 20.1. The van der Waals surface area contributed by atoms with Crippen LogP contribution in [0.2, 0.25) is 0 Å². The molecule has 1 N–H and O–H groups in total. The molecular formula is C18H22F3N5O2S. The van der Waals surface area contributed by atoms with Gasteiger partial charge in [0.1, 0.15) is 10.7 Å². The minimum absolute atomic E-state index is 0.0691. The third-order valence-corrected chi connectivity index (χ3v) is 7.47. The maximum absolute atomic E-state index is 13.5. The Morgan fingerprint density at radius 1 is 1.34 bits per heavy atom. The molecule has 0 aromatic carbocycles. The molecule has 3 atom stereocenters. The van der Waals surface area contributed by atoms with Crippen LogP contribution >= 0.6 is 0 Å². The van der Waals surface area contributed by atoms with Gasteiger partial charge in [0.05, 0.1) is 5.69 Å². The quantitative estimate of drug-likeness (QED) is 0.808. The van der Waals surface area contributed by atoms with Crippen molar-refractivity contribution in [2.24, 2.45) is 0 Å². The number of hydrogen-bond donors (Lipinski definition) is 1. The molecule has 7 nitrogen and oxygen atoms in total. The Hall–Kier alpha value is -2.14. The number of alkyl halides is 3. The molecule has 0 saturated carbocycles. The maximum atomic E-state index is 13.5.